The van der Waals surface area contributed by atoms with Crippen LogP contribution >= 0.6 is 0 Å². The lowest BCUT2D eigenvalue weighted by molar-refractivity contribution is -0.620. The number of nitrogens with zero attached hydrogens (tertiary/aromatic N) is 1. The summed E-state index contributed by atoms with van der Waals surface area (Å²) < 4.78 is 5.48. The van der Waals surface area contributed by atoms with Gasteiger partial charge in [0.2, 0.25) is 0 Å². The molecule has 1 N–H and O–H groups in total. The van der Waals surface area contributed by atoms with Gasteiger partial charge in [0, 0.05) is 6.07 Å². The van der Waals surface area contributed by atoms with Crippen LogP contribution in [0.3, 0.4) is 0 Å². The van der Waals surface area contributed by atoms with E-state index in [0.29, 0.717) is 16.8 Å². The Balaban J connectivity index is 2.97. The van der Waals surface area contributed by atoms with Crippen molar-refractivity contribution in [2.45, 2.75) is 6.42 Å². The lowest BCUT2D eigenvalue weighted by Gasteiger charge is -2.05. The van der Waals surface area contributed by atoms with Crippen molar-refractivity contribution in [1.82, 2.24) is 0 Å². The molecular weight excluding hydrogens is 158 g/mol. The molecule has 0 saturated carbocycles. The summed E-state index contributed by atoms with van der Waals surface area (Å²) in [5.74, 6) is 0.251. The molecule has 0 unspecified atom stereocenters. The van der Waals surface area contributed by atoms with E-state index in [-0.39, 0.29) is 12.5 Å². The van der Waals surface area contributed by atoms with Crippen LogP contribution in [0.4, 0.5) is 0 Å². The van der Waals surface area contributed by atoms with Crippen molar-refractivity contribution in [1.29, 1.82) is 0 Å². The van der Waals surface area contributed by atoms with Crippen molar-refractivity contribution < 1.29 is 14.6 Å². The van der Waals surface area contributed by atoms with Gasteiger partial charge in [0.15, 0.2) is 5.69 Å². The van der Waals surface area contributed by atoms with Crippen LogP contribution in [0.25, 0.3) is 0 Å². The first-order valence-electron chi connectivity index (χ1n) is 3.66. The molecule has 0 aromatic carbocycles. The summed E-state index contributed by atoms with van der Waals surface area (Å²) in [4.78, 5) is 0. The molecule has 0 radical (unpaired) electrons. The summed E-state index contributed by atoms with van der Waals surface area (Å²) in [6.07, 6.45) is 0.348. The van der Waals surface area contributed by atoms with Crippen LogP contribution in [0.5, 0.6) is 5.88 Å². The van der Waals surface area contributed by atoms with Gasteiger partial charge in [-0.2, -0.15) is 0 Å². The third kappa shape index (κ3) is 1.65. The molecular formula is C8H11NO3. The lowest BCUT2D eigenvalue weighted by Crippen LogP contribution is -2.33. The second-order valence-corrected chi connectivity index (χ2v) is 2.33. The standard InChI is InChI=1S/C8H11NO3/c1-12-8-4-2-3-7(5-6-10)9(8)11/h2-4,10H,5-6H2,1H3. The first kappa shape index (κ1) is 8.80. The Morgan fingerprint density at radius 2 is 2.33 bits per heavy atom. The third-order valence-corrected chi connectivity index (χ3v) is 1.57. The van der Waals surface area contributed by atoms with E-state index < -0.39 is 0 Å². The van der Waals surface area contributed by atoms with E-state index in [9.17, 15) is 5.21 Å². The molecule has 1 aromatic heterocycles. The normalized spacial score (nSPS) is 9.83. The fourth-order valence-electron chi connectivity index (χ4n) is 0.969. The Kier molecular flexibility index (Phi) is 2.88. The maximum absolute atomic E-state index is 11.3. The summed E-state index contributed by atoms with van der Waals surface area (Å²) in [5.41, 5.74) is 0.511. The number of hydrogen-bond donors (Lipinski definition) is 1. The smallest absolute Gasteiger partial charge is 0.379 e. The van der Waals surface area contributed by atoms with Crippen LogP contribution in [0.2, 0.25) is 0 Å². The van der Waals surface area contributed by atoms with Crippen molar-refractivity contribution in [2.75, 3.05) is 13.7 Å². The van der Waals surface area contributed by atoms with Gasteiger partial charge in [-0.15, -0.1) is 4.73 Å². The Labute approximate surface area is 70.6 Å². The van der Waals surface area contributed by atoms with Gasteiger partial charge in [-0.05, 0) is 6.07 Å². The molecule has 0 fully saturated rings. The van der Waals surface area contributed by atoms with Gasteiger partial charge in [-0.3, -0.25) is 0 Å². The van der Waals surface area contributed by atoms with Crippen molar-refractivity contribution in [3.05, 3.63) is 29.1 Å². The van der Waals surface area contributed by atoms with Crippen molar-refractivity contribution in [3.63, 3.8) is 0 Å². The van der Waals surface area contributed by atoms with Gasteiger partial charge in [0.05, 0.1) is 26.2 Å². The van der Waals surface area contributed by atoms with Crippen LogP contribution in [0.1, 0.15) is 5.69 Å². The summed E-state index contributed by atoms with van der Waals surface area (Å²) in [6.45, 7) is -0.0323. The number of methoxy groups -OCH3 is 1. The topological polar surface area (TPSA) is 56.4 Å². The van der Waals surface area contributed by atoms with E-state index >= 15 is 0 Å². The molecule has 0 bridgehead atoms. The average Bonchev–Trinajstić information content (AvgIpc) is 2.09. The Bertz CT molecular complexity index is 262. The molecule has 4 heteroatoms. The molecule has 0 saturated heterocycles. The first-order chi connectivity index (χ1) is 5.79. The SMILES string of the molecule is COc1cccc(CCO)[n+]1[O-]. The monoisotopic (exact) mass is 169 g/mol. The average molecular weight is 169 g/mol. The fraction of sp³-hybridized carbons (Fsp3) is 0.375. The number of ether oxygens (including phenoxy) is 1. The summed E-state index contributed by atoms with van der Waals surface area (Å²) in [6, 6.07) is 4.96. The number of rotatable bonds is 3. The van der Waals surface area contributed by atoms with Crippen molar-refractivity contribution in [2.24, 2.45) is 0 Å². The maximum Gasteiger partial charge on any atom is 0.379 e. The number of hydrogen-bond acceptors (Lipinski definition) is 3. The Morgan fingerprint density at radius 1 is 1.58 bits per heavy atom. The van der Waals surface area contributed by atoms with Gasteiger partial charge < -0.3 is 15.1 Å². The molecule has 0 aliphatic heterocycles. The highest BCUT2D eigenvalue weighted by Crippen LogP contribution is 2.03. The van der Waals surface area contributed by atoms with Crippen LogP contribution in [-0.4, -0.2) is 18.8 Å². The molecule has 1 rings (SSSR count). The van der Waals surface area contributed by atoms with E-state index in [1.807, 2.05) is 0 Å². The van der Waals surface area contributed by atoms with Crippen LogP contribution in [-0.2, 0) is 6.42 Å². The van der Waals surface area contributed by atoms with E-state index in [4.69, 9.17) is 9.84 Å². The molecule has 0 aliphatic carbocycles. The molecule has 4 nitrogen and oxygen atoms in total. The van der Waals surface area contributed by atoms with Gasteiger partial charge >= 0.3 is 5.88 Å². The molecule has 1 aromatic rings. The van der Waals surface area contributed by atoms with E-state index in [0.717, 1.165) is 0 Å². The minimum atomic E-state index is -0.0323. The van der Waals surface area contributed by atoms with E-state index in [1.165, 1.54) is 7.11 Å². The third-order valence-electron chi connectivity index (χ3n) is 1.57. The van der Waals surface area contributed by atoms with Crippen LogP contribution < -0.4 is 9.47 Å². The number of aliphatic hydroxyl groups excluding tert-OH is 1. The zero-order chi connectivity index (χ0) is 8.97. The van der Waals surface area contributed by atoms with Gasteiger partial charge in [0.1, 0.15) is 0 Å². The number of pyridine rings is 1. The highest BCUT2D eigenvalue weighted by molar-refractivity contribution is 5.08. The molecule has 0 spiro atoms. The predicted molar refractivity (Wildman–Crippen MR) is 42.7 cm³/mol. The zero-order valence-corrected chi connectivity index (χ0v) is 6.86. The highest BCUT2D eigenvalue weighted by atomic mass is 16.5. The molecule has 1 heterocycles. The zero-order valence-electron chi connectivity index (χ0n) is 6.86. The largest absolute Gasteiger partial charge is 0.616 e. The maximum atomic E-state index is 11.3. The quantitative estimate of drug-likeness (QED) is 0.506. The van der Waals surface area contributed by atoms with Crippen LogP contribution in [0, 0.1) is 5.21 Å². The van der Waals surface area contributed by atoms with E-state index in [2.05, 4.69) is 0 Å². The second kappa shape index (κ2) is 3.92. The van der Waals surface area contributed by atoms with Crippen LogP contribution in [0.15, 0.2) is 18.2 Å². The molecule has 12 heavy (non-hydrogen) atoms. The highest BCUT2D eigenvalue weighted by Gasteiger charge is 2.09. The number of aliphatic hydroxyl groups is 1. The fourth-order valence-corrected chi connectivity index (χ4v) is 0.969. The molecule has 66 valence electrons. The van der Waals surface area contributed by atoms with Gasteiger partial charge in [0.25, 0.3) is 0 Å². The summed E-state index contributed by atoms with van der Waals surface area (Å²) >= 11 is 0. The van der Waals surface area contributed by atoms with Gasteiger partial charge in [-0.25, -0.2) is 0 Å². The minimum Gasteiger partial charge on any atom is -0.616 e. The lowest BCUT2D eigenvalue weighted by atomic mass is 10.3. The molecule has 0 amide bonds. The van der Waals surface area contributed by atoms with E-state index in [1.54, 1.807) is 18.2 Å². The minimum absolute atomic E-state index is 0.0323. The Morgan fingerprint density at radius 3 is 2.92 bits per heavy atom. The van der Waals surface area contributed by atoms with Gasteiger partial charge in [-0.1, -0.05) is 0 Å². The van der Waals surface area contributed by atoms with Crippen molar-refractivity contribution in [3.8, 4) is 5.88 Å². The number of aromatic nitrogens is 1. The summed E-state index contributed by atoms with van der Waals surface area (Å²) in [5, 5.41) is 19.9. The second-order valence-electron chi connectivity index (χ2n) is 2.33. The summed E-state index contributed by atoms with van der Waals surface area (Å²) in [7, 11) is 1.44. The predicted octanol–water partition coefficient (Wildman–Crippen LogP) is -0.137. The first-order valence-corrected chi connectivity index (χ1v) is 3.66. The Hall–Kier alpha value is -1.29. The molecule has 0 aliphatic rings. The van der Waals surface area contributed by atoms with Crippen molar-refractivity contribution >= 4 is 0 Å². The molecule has 0 atom stereocenters.